The molecule has 0 N–H and O–H groups in total. The Balaban J connectivity index is 1.25. The van der Waals surface area contributed by atoms with Gasteiger partial charge < -0.3 is 24.3 Å². The van der Waals surface area contributed by atoms with Crippen molar-refractivity contribution in [3.63, 3.8) is 0 Å². The second-order valence-electron chi connectivity index (χ2n) is 8.71. The highest BCUT2D eigenvalue weighted by Gasteiger charge is 2.31. The minimum Gasteiger partial charge on any atom is -0.530 e. The lowest BCUT2D eigenvalue weighted by molar-refractivity contribution is -0.268. The Hall–Kier alpha value is -3.91. The number of ether oxygens (including phenoxy) is 2. The number of rotatable bonds is 8. The summed E-state index contributed by atoms with van der Waals surface area (Å²) in [6.07, 6.45) is 2.40. The van der Waals surface area contributed by atoms with Crippen molar-refractivity contribution >= 4 is 16.9 Å². The molecule has 1 aromatic heterocycles. The van der Waals surface area contributed by atoms with E-state index < -0.39 is 6.09 Å². The zero-order valence-electron chi connectivity index (χ0n) is 19.3. The second-order valence-corrected chi connectivity index (χ2v) is 8.71. The third-order valence-corrected chi connectivity index (χ3v) is 6.46. The summed E-state index contributed by atoms with van der Waals surface area (Å²) < 4.78 is 13.9. The lowest BCUT2D eigenvalue weighted by Crippen LogP contribution is -2.51. The van der Waals surface area contributed by atoms with E-state index in [1.54, 1.807) is 11.0 Å². The summed E-state index contributed by atoms with van der Waals surface area (Å²) in [6, 6.07) is 22.4. The summed E-state index contributed by atoms with van der Waals surface area (Å²) in [6.45, 7) is 2.24. The van der Waals surface area contributed by atoms with Gasteiger partial charge in [0.15, 0.2) is 0 Å². The number of aromatic nitrogens is 3. The van der Waals surface area contributed by atoms with Gasteiger partial charge in [-0.3, -0.25) is 0 Å². The molecule has 2 heterocycles. The molecule has 0 bridgehead atoms. The average Bonchev–Trinajstić information content (AvgIpc) is 3.41. The van der Waals surface area contributed by atoms with Crippen LogP contribution in [0.2, 0.25) is 0 Å². The van der Waals surface area contributed by atoms with E-state index in [9.17, 15) is 9.90 Å². The molecule has 0 spiro atoms. The number of nitrogens with zero attached hydrogens (tertiary/aromatic N) is 4. The molecule has 1 fully saturated rings. The van der Waals surface area contributed by atoms with E-state index >= 15 is 0 Å². The predicted octanol–water partition coefficient (Wildman–Crippen LogP) is 3.23. The van der Waals surface area contributed by atoms with Gasteiger partial charge in [-0.15, -0.1) is 0 Å². The SMILES string of the molecule is O=C([O-])N1CCC(c2ccc(OCCn3cncn3)cc2)C(OCc2ccc3ccccc3c2)C1. The van der Waals surface area contributed by atoms with Crippen molar-refractivity contribution in [2.75, 3.05) is 19.7 Å². The number of carbonyl (C=O) groups excluding carboxylic acids is 1. The van der Waals surface area contributed by atoms with Crippen molar-refractivity contribution in [3.05, 3.63) is 90.5 Å². The van der Waals surface area contributed by atoms with Crippen LogP contribution in [0.4, 0.5) is 4.79 Å². The Morgan fingerprint density at radius 1 is 1.06 bits per heavy atom. The smallest absolute Gasteiger partial charge is 0.137 e. The van der Waals surface area contributed by atoms with Gasteiger partial charge in [0.1, 0.15) is 31.1 Å². The van der Waals surface area contributed by atoms with Crippen LogP contribution in [-0.2, 0) is 17.9 Å². The summed E-state index contributed by atoms with van der Waals surface area (Å²) >= 11 is 0. The zero-order chi connectivity index (χ0) is 24.0. The lowest BCUT2D eigenvalue weighted by atomic mass is 9.87. The van der Waals surface area contributed by atoms with Crippen LogP contribution in [-0.4, -0.2) is 51.6 Å². The summed E-state index contributed by atoms with van der Waals surface area (Å²) in [5.41, 5.74) is 2.17. The van der Waals surface area contributed by atoms with Gasteiger partial charge in [0.05, 0.1) is 19.3 Å². The maximum Gasteiger partial charge on any atom is 0.137 e. The Kier molecular flexibility index (Phi) is 6.90. The molecule has 1 aliphatic heterocycles. The lowest BCUT2D eigenvalue weighted by Gasteiger charge is -2.40. The minimum absolute atomic E-state index is 0.0789. The number of hydrogen-bond acceptors (Lipinski definition) is 6. The van der Waals surface area contributed by atoms with E-state index in [0.717, 1.165) is 22.3 Å². The first kappa shape index (κ1) is 22.9. The van der Waals surface area contributed by atoms with Crippen LogP contribution in [0.3, 0.4) is 0 Å². The maximum absolute atomic E-state index is 11.5. The molecule has 2 atom stereocenters. The normalized spacial score (nSPS) is 18.0. The fourth-order valence-electron chi connectivity index (χ4n) is 4.58. The van der Waals surface area contributed by atoms with Crippen LogP contribution in [0.15, 0.2) is 79.4 Å². The van der Waals surface area contributed by atoms with Gasteiger partial charge in [0.2, 0.25) is 0 Å². The molecule has 180 valence electrons. The highest BCUT2D eigenvalue weighted by molar-refractivity contribution is 5.82. The molecular formula is C27H27N4O4-. The first-order chi connectivity index (χ1) is 17.2. The molecule has 5 rings (SSSR count). The molecule has 1 saturated heterocycles. The standard InChI is InChI=1S/C27H28N4O4/c32-27(33)30-12-11-25(22-7-9-24(10-8-22)34-14-13-31-19-28-18-29-31)26(16-30)35-17-20-5-6-21-3-1-2-4-23(21)15-20/h1-10,15,18-19,25-26H,11-14,16-17H2,(H,32,33)/p-1. The highest BCUT2D eigenvalue weighted by Crippen LogP contribution is 2.32. The number of likely N-dealkylation sites (tertiary alicyclic amines) is 1. The second kappa shape index (κ2) is 10.6. The van der Waals surface area contributed by atoms with Crippen LogP contribution in [0, 0.1) is 0 Å². The molecule has 0 radical (unpaired) electrons. The van der Waals surface area contributed by atoms with E-state index in [1.807, 2.05) is 36.4 Å². The first-order valence-corrected chi connectivity index (χ1v) is 11.8. The van der Waals surface area contributed by atoms with Gasteiger partial charge in [-0.2, -0.15) is 5.10 Å². The Morgan fingerprint density at radius 3 is 2.66 bits per heavy atom. The molecule has 4 aromatic rings. The monoisotopic (exact) mass is 471 g/mol. The van der Waals surface area contributed by atoms with E-state index in [2.05, 4.69) is 40.4 Å². The van der Waals surface area contributed by atoms with E-state index in [4.69, 9.17) is 9.47 Å². The molecular weight excluding hydrogens is 444 g/mol. The summed E-state index contributed by atoms with van der Waals surface area (Å²) in [5, 5.41) is 17.9. The number of fused-ring (bicyclic) bond motifs is 1. The number of benzene rings is 3. The quantitative estimate of drug-likeness (QED) is 0.392. The van der Waals surface area contributed by atoms with Crippen LogP contribution in [0.1, 0.15) is 23.5 Å². The van der Waals surface area contributed by atoms with Crippen LogP contribution < -0.4 is 9.84 Å². The fourth-order valence-corrected chi connectivity index (χ4v) is 4.58. The zero-order valence-corrected chi connectivity index (χ0v) is 19.3. The highest BCUT2D eigenvalue weighted by atomic mass is 16.5. The van der Waals surface area contributed by atoms with Crippen LogP contribution in [0.25, 0.3) is 10.8 Å². The van der Waals surface area contributed by atoms with Crippen molar-refractivity contribution in [1.82, 2.24) is 19.7 Å². The number of carboxylic acid groups (broad SMARTS) is 1. The first-order valence-electron chi connectivity index (χ1n) is 11.8. The molecule has 3 aromatic carbocycles. The molecule has 2 unspecified atom stereocenters. The van der Waals surface area contributed by atoms with Gasteiger partial charge >= 0.3 is 0 Å². The van der Waals surface area contributed by atoms with Crippen LogP contribution in [0.5, 0.6) is 5.75 Å². The molecule has 8 nitrogen and oxygen atoms in total. The molecule has 35 heavy (non-hydrogen) atoms. The van der Waals surface area contributed by atoms with Crippen LogP contribution >= 0.6 is 0 Å². The number of carbonyl (C=O) groups is 1. The Morgan fingerprint density at radius 2 is 1.89 bits per heavy atom. The molecule has 0 saturated carbocycles. The summed E-state index contributed by atoms with van der Waals surface area (Å²) in [4.78, 5) is 16.8. The predicted molar refractivity (Wildman–Crippen MR) is 129 cm³/mol. The largest absolute Gasteiger partial charge is 0.530 e. The van der Waals surface area contributed by atoms with Crippen molar-refractivity contribution in [1.29, 1.82) is 0 Å². The van der Waals surface area contributed by atoms with Crippen molar-refractivity contribution in [3.8, 4) is 5.75 Å². The van der Waals surface area contributed by atoms with E-state index in [0.29, 0.717) is 32.7 Å². The number of hydrogen-bond donors (Lipinski definition) is 0. The summed E-state index contributed by atoms with van der Waals surface area (Å²) in [7, 11) is 0. The fraction of sp³-hybridized carbons (Fsp3) is 0.296. The van der Waals surface area contributed by atoms with Gasteiger partial charge in [0, 0.05) is 19.0 Å². The van der Waals surface area contributed by atoms with Crippen molar-refractivity contribution in [2.45, 2.75) is 31.6 Å². The van der Waals surface area contributed by atoms with E-state index in [1.165, 1.54) is 16.6 Å². The topological polar surface area (TPSA) is 92.5 Å². The van der Waals surface area contributed by atoms with Gasteiger partial charge in [-0.05, 0) is 46.5 Å². The Bertz CT molecular complexity index is 1260. The molecule has 0 aliphatic carbocycles. The average molecular weight is 472 g/mol. The number of amides is 1. The van der Waals surface area contributed by atoms with E-state index in [-0.39, 0.29) is 18.6 Å². The molecule has 1 aliphatic rings. The van der Waals surface area contributed by atoms with Gasteiger partial charge in [0.25, 0.3) is 0 Å². The van der Waals surface area contributed by atoms with Gasteiger partial charge in [-0.1, -0.05) is 48.5 Å². The Labute approximate surface area is 203 Å². The van der Waals surface area contributed by atoms with Crippen molar-refractivity contribution in [2.24, 2.45) is 0 Å². The third-order valence-electron chi connectivity index (χ3n) is 6.46. The molecule has 1 amide bonds. The maximum atomic E-state index is 11.5. The number of piperidine rings is 1. The van der Waals surface area contributed by atoms with Crippen molar-refractivity contribution < 1.29 is 19.4 Å². The molecule has 8 heteroatoms. The third kappa shape index (κ3) is 5.60. The summed E-state index contributed by atoms with van der Waals surface area (Å²) in [5.74, 6) is 0.852. The minimum atomic E-state index is -1.15. The van der Waals surface area contributed by atoms with Gasteiger partial charge in [-0.25, -0.2) is 9.67 Å².